The molecular weight excluding hydrogens is 275 g/mol. The van der Waals surface area contributed by atoms with E-state index in [9.17, 15) is 0 Å². The van der Waals surface area contributed by atoms with Gasteiger partial charge in [0.1, 0.15) is 18.0 Å². The molecule has 1 aromatic rings. The molecule has 0 amide bonds. The summed E-state index contributed by atoms with van der Waals surface area (Å²) in [5, 5.41) is 0.597. The van der Waals surface area contributed by atoms with Gasteiger partial charge in [-0.1, -0.05) is 11.6 Å². The zero-order chi connectivity index (χ0) is 13.1. The molecule has 0 N–H and O–H groups in total. The van der Waals surface area contributed by atoms with Crippen LogP contribution in [-0.2, 0) is 15.4 Å². The van der Waals surface area contributed by atoms with Crippen LogP contribution in [0.4, 0.5) is 5.82 Å². The number of nitrogens with zero attached hydrogens (tertiary/aromatic N) is 2. The van der Waals surface area contributed by atoms with Crippen molar-refractivity contribution in [2.45, 2.75) is 18.1 Å². The summed E-state index contributed by atoms with van der Waals surface area (Å²) in [5.41, 5.74) is 0.700. The smallest absolute Gasteiger partial charge is 0.129 e. The van der Waals surface area contributed by atoms with Gasteiger partial charge in [0, 0.05) is 27.3 Å². The lowest BCUT2D eigenvalue weighted by atomic mass is 10.3. The van der Waals surface area contributed by atoms with Crippen molar-refractivity contribution in [3.63, 3.8) is 0 Å². The molecule has 100 valence electrons. The van der Waals surface area contributed by atoms with Gasteiger partial charge < -0.3 is 14.4 Å². The highest BCUT2D eigenvalue weighted by Gasteiger charge is 2.33. The minimum absolute atomic E-state index is 0.0620. The van der Waals surface area contributed by atoms with E-state index in [-0.39, 0.29) is 12.2 Å². The largest absolute Gasteiger partial charge is 0.377 e. The number of anilines is 1. The lowest BCUT2D eigenvalue weighted by molar-refractivity contribution is -0.00461. The maximum Gasteiger partial charge on any atom is 0.129 e. The highest BCUT2D eigenvalue weighted by molar-refractivity contribution is 6.32. The Hall–Kier alpha value is -0.550. The van der Waals surface area contributed by atoms with Crippen LogP contribution in [0.3, 0.4) is 0 Å². The molecule has 1 aliphatic rings. The second-order valence-electron chi connectivity index (χ2n) is 4.18. The molecule has 0 saturated carbocycles. The van der Waals surface area contributed by atoms with Crippen LogP contribution in [0.1, 0.15) is 5.69 Å². The molecule has 0 spiro atoms. The number of hydrogen-bond acceptors (Lipinski definition) is 4. The van der Waals surface area contributed by atoms with Crippen LogP contribution in [0.5, 0.6) is 0 Å². The van der Waals surface area contributed by atoms with Crippen LogP contribution in [0.15, 0.2) is 12.1 Å². The second-order valence-corrected chi connectivity index (χ2v) is 4.86. The molecule has 4 nitrogen and oxygen atoms in total. The Morgan fingerprint density at radius 1 is 1.28 bits per heavy atom. The molecule has 18 heavy (non-hydrogen) atoms. The van der Waals surface area contributed by atoms with Crippen molar-refractivity contribution in [2.75, 3.05) is 32.2 Å². The molecule has 1 aliphatic heterocycles. The maximum absolute atomic E-state index is 6.00. The van der Waals surface area contributed by atoms with Gasteiger partial charge in [0.15, 0.2) is 0 Å². The normalized spacial score (nSPS) is 23.7. The number of pyridine rings is 1. The van der Waals surface area contributed by atoms with E-state index in [2.05, 4.69) is 9.88 Å². The average molecular weight is 291 g/mol. The Kier molecular flexibility index (Phi) is 4.67. The molecule has 0 bridgehead atoms. The van der Waals surface area contributed by atoms with Crippen molar-refractivity contribution in [3.8, 4) is 0 Å². The van der Waals surface area contributed by atoms with E-state index in [1.807, 2.05) is 12.1 Å². The summed E-state index contributed by atoms with van der Waals surface area (Å²) < 4.78 is 10.8. The average Bonchev–Trinajstić information content (AvgIpc) is 2.82. The van der Waals surface area contributed by atoms with E-state index in [4.69, 9.17) is 32.7 Å². The van der Waals surface area contributed by atoms with Gasteiger partial charge >= 0.3 is 0 Å². The number of rotatable bonds is 4. The summed E-state index contributed by atoms with van der Waals surface area (Å²) in [6.45, 7) is 1.51. The molecule has 1 saturated heterocycles. The van der Waals surface area contributed by atoms with E-state index >= 15 is 0 Å². The fourth-order valence-corrected chi connectivity index (χ4v) is 2.57. The number of alkyl halides is 1. The fourth-order valence-electron chi connectivity index (χ4n) is 2.13. The quantitative estimate of drug-likeness (QED) is 0.797. The lowest BCUT2D eigenvalue weighted by Gasteiger charge is -2.17. The highest BCUT2D eigenvalue weighted by Crippen LogP contribution is 2.25. The van der Waals surface area contributed by atoms with E-state index in [0.29, 0.717) is 16.6 Å². The van der Waals surface area contributed by atoms with Crippen molar-refractivity contribution < 1.29 is 9.47 Å². The highest BCUT2D eigenvalue weighted by atomic mass is 35.5. The molecule has 1 fully saturated rings. The second kappa shape index (κ2) is 6.06. The van der Waals surface area contributed by atoms with Crippen LogP contribution >= 0.6 is 23.2 Å². The standard InChI is InChI=1S/C12H16Cl2N2O2/c1-17-10-6-16(7-11(10)18-2)12-4-3-8(14)9(5-13)15-12/h3-4,10-11H,5-7H2,1-2H3. The number of ether oxygens (including phenoxy) is 2. The van der Waals surface area contributed by atoms with Gasteiger partial charge in [-0.15, -0.1) is 11.6 Å². The molecule has 2 atom stereocenters. The maximum atomic E-state index is 6.00. The third kappa shape index (κ3) is 2.72. The van der Waals surface area contributed by atoms with Crippen molar-refractivity contribution in [3.05, 3.63) is 22.8 Å². The van der Waals surface area contributed by atoms with E-state index in [0.717, 1.165) is 18.9 Å². The molecular formula is C12H16Cl2N2O2. The van der Waals surface area contributed by atoms with Crippen LogP contribution in [-0.4, -0.2) is 44.5 Å². The Morgan fingerprint density at radius 3 is 2.39 bits per heavy atom. The number of methoxy groups -OCH3 is 2. The minimum atomic E-state index is 0.0620. The van der Waals surface area contributed by atoms with Gasteiger partial charge in [-0.2, -0.15) is 0 Å². The SMILES string of the molecule is COC1CN(c2ccc(Cl)c(CCl)n2)CC1OC. The molecule has 0 radical (unpaired) electrons. The first-order valence-electron chi connectivity index (χ1n) is 5.71. The predicted molar refractivity (Wildman–Crippen MR) is 72.6 cm³/mol. The fraction of sp³-hybridized carbons (Fsp3) is 0.583. The van der Waals surface area contributed by atoms with Crippen LogP contribution in [0.25, 0.3) is 0 Å². The van der Waals surface area contributed by atoms with Crippen LogP contribution in [0.2, 0.25) is 5.02 Å². The molecule has 0 aromatic carbocycles. The van der Waals surface area contributed by atoms with Crippen LogP contribution < -0.4 is 4.90 Å². The molecule has 0 aliphatic carbocycles. The molecule has 2 heterocycles. The van der Waals surface area contributed by atoms with E-state index < -0.39 is 0 Å². The van der Waals surface area contributed by atoms with Gasteiger partial charge in [-0.25, -0.2) is 4.98 Å². The zero-order valence-electron chi connectivity index (χ0n) is 10.4. The van der Waals surface area contributed by atoms with Gasteiger partial charge in [0.2, 0.25) is 0 Å². The minimum Gasteiger partial charge on any atom is -0.377 e. The van der Waals surface area contributed by atoms with Gasteiger partial charge in [0.05, 0.1) is 16.6 Å². The Morgan fingerprint density at radius 2 is 1.89 bits per heavy atom. The van der Waals surface area contributed by atoms with Gasteiger partial charge in [-0.3, -0.25) is 0 Å². The third-order valence-electron chi connectivity index (χ3n) is 3.18. The number of halogens is 2. The summed E-state index contributed by atoms with van der Waals surface area (Å²) in [4.78, 5) is 6.58. The Bertz CT molecular complexity index is 405. The van der Waals surface area contributed by atoms with Crippen LogP contribution in [0, 0.1) is 0 Å². The predicted octanol–water partition coefficient (Wildman–Crippen LogP) is 2.32. The summed E-state index contributed by atoms with van der Waals surface area (Å²) in [6, 6.07) is 3.71. The zero-order valence-corrected chi connectivity index (χ0v) is 11.9. The van der Waals surface area contributed by atoms with Gasteiger partial charge in [0.25, 0.3) is 0 Å². The number of hydrogen-bond donors (Lipinski definition) is 0. The lowest BCUT2D eigenvalue weighted by Crippen LogP contribution is -2.27. The van der Waals surface area contributed by atoms with E-state index in [1.54, 1.807) is 14.2 Å². The van der Waals surface area contributed by atoms with Crippen molar-refractivity contribution in [1.82, 2.24) is 4.98 Å². The Labute approximate surface area is 117 Å². The van der Waals surface area contributed by atoms with Crippen molar-refractivity contribution >= 4 is 29.0 Å². The molecule has 6 heteroatoms. The monoisotopic (exact) mass is 290 g/mol. The summed E-state index contributed by atoms with van der Waals surface area (Å²) in [6.07, 6.45) is 0.124. The van der Waals surface area contributed by atoms with Crippen molar-refractivity contribution in [2.24, 2.45) is 0 Å². The summed E-state index contributed by atoms with van der Waals surface area (Å²) in [5.74, 6) is 1.17. The Balaban J connectivity index is 2.18. The number of aromatic nitrogens is 1. The molecule has 1 aromatic heterocycles. The first-order valence-corrected chi connectivity index (χ1v) is 6.62. The van der Waals surface area contributed by atoms with Crippen molar-refractivity contribution in [1.29, 1.82) is 0 Å². The summed E-state index contributed by atoms with van der Waals surface area (Å²) in [7, 11) is 3.39. The molecule has 2 rings (SSSR count). The van der Waals surface area contributed by atoms with Gasteiger partial charge in [-0.05, 0) is 12.1 Å². The topological polar surface area (TPSA) is 34.6 Å². The first kappa shape index (κ1) is 13.9. The van der Waals surface area contributed by atoms with E-state index in [1.165, 1.54) is 0 Å². The molecule has 2 unspecified atom stereocenters. The third-order valence-corrected chi connectivity index (χ3v) is 3.77. The summed E-state index contributed by atoms with van der Waals surface area (Å²) >= 11 is 11.8. The first-order chi connectivity index (χ1) is 8.69.